The second-order valence-electron chi connectivity index (χ2n) is 3.12. The molecule has 1 aromatic heterocycles. The molecule has 0 saturated heterocycles. The van der Waals surface area contributed by atoms with Crippen LogP contribution in [0, 0.1) is 5.82 Å². The van der Waals surface area contributed by atoms with Crippen molar-refractivity contribution in [3.63, 3.8) is 0 Å². The van der Waals surface area contributed by atoms with Crippen molar-refractivity contribution in [2.45, 2.75) is 4.90 Å². The summed E-state index contributed by atoms with van der Waals surface area (Å²) in [7, 11) is 2.22. The largest absolute Gasteiger partial charge is 0.419 e. The maximum Gasteiger partial charge on any atom is 0.419 e. The third kappa shape index (κ3) is 1.61. The first-order chi connectivity index (χ1) is 7.30. The Morgan fingerprint density at radius 1 is 1.44 bits per heavy atom. The highest BCUT2D eigenvalue weighted by Gasteiger charge is 2.19. The number of hydrogen-bond acceptors (Lipinski definition) is 4. The average Bonchev–Trinajstić information content (AvgIpc) is 2.39. The van der Waals surface area contributed by atoms with Crippen molar-refractivity contribution < 1.29 is 17.2 Å². The Balaban J connectivity index is 2.95. The third-order valence-corrected chi connectivity index (χ3v) is 3.45. The van der Waals surface area contributed by atoms with Gasteiger partial charge in [-0.25, -0.2) is 17.6 Å². The van der Waals surface area contributed by atoms with Crippen LogP contribution in [0.25, 0.3) is 11.1 Å². The molecule has 1 heterocycles. The van der Waals surface area contributed by atoms with E-state index in [0.717, 1.165) is 16.7 Å². The molecular weight excluding hydrogens is 261 g/mol. The van der Waals surface area contributed by atoms with Crippen LogP contribution in [-0.2, 0) is 16.1 Å². The predicted molar refractivity (Wildman–Crippen MR) is 54.5 cm³/mol. The zero-order valence-electron chi connectivity index (χ0n) is 7.90. The fourth-order valence-electron chi connectivity index (χ4n) is 1.32. The fraction of sp³-hybridized carbons (Fsp3) is 0.125. The predicted octanol–water partition coefficient (Wildman–Crippen LogP) is 1.20. The van der Waals surface area contributed by atoms with E-state index >= 15 is 0 Å². The lowest BCUT2D eigenvalue weighted by Crippen LogP contribution is -2.08. The Bertz CT molecular complexity index is 730. The molecule has 0 spiro atoms. The van der Waals surface area contributed by atoms with Crippen molar-refractivity contribution in [1.29, 1.82) is 0 Å². The van der Waals surface area contributed by atoms with E-state index in [9.17, 15) is 17.6 Å². The van der Waals surface area contributed by atoms with Crippen molar-refractivity contribution in [2.24, 2.45) is 7.05 Å². The van der Waals surface area contributed by atoms with Crippen LogP contribution in [0.1, 0.15) is 0 Å². The van der Waals surface area contributed by atoms with E-state index in [1.54, 1.807) is 0 Å². The molecule has 0 amide bonds. The fourth-order valence-corrected chi connectivity index (χ4v) is 2.21. The summed E-state index contributed by atoms with van der Waals surface area (Å²) in [5.74, 6) is -1.77. The molecule has 0 saturated carbocycles. The first-order valence-corrected chi connectivity index (χ1v) is 6.35. The summed E-state index contributed by atoms with van der Waals surface area (Å²) in [5.41, 5.74) is 0.125. The van der Waals surface area contributed by atoms with Crippen LogP contribution in [0.4, 0.5) is 4.39 Å². The van der Waals surface area contributed by atoms with Crippen LogP contribution in [-0.4, -0.2) is 13.0 Å². The number of nitrogens with zero attached hydrogens (tertiary/aromatic N) is 1. The maximum absolute atomic E-state index is 13.3. The van der Waals surface area contributed by atoms with Gasteiger partial charge < -0.3 is 4.42 Å². The number of hydrogen-bond donors (Lipinski definition) is 0. The lowest BCUT2D eigenvalue weighted by Gasteiger charge is -1.98. The highest BCUT2D eigenvalue weighted by atomic mass is 35.7. The lowest BCUT2D eigenvalue weighted by atomic mass is 10.3. The van der Waals surface area contributed by atoms with Crippen LogP contribution in [0.5, 0.6) is 0 Å². The molecule has 2 rings (SSSR count). The van der Waals surface area contributed by atoms with Gasteiger partial charge in [0.15, 0.2) is 5.58 Å². The van der Waals surface area contributed by atoms with Gasteiger partial charge >= 0.3 is 5.76 Å². The molecule has 1 aromatic carbocycles. The second-order valence-corrected chi connectivity index (χ2v) is 5.65. The molecule has 8 heteroatoms. The number of fused-ring (bicyclic) bond motifs is 1. The van der Waals surface area contributed by atoms with Gasteiger partial charge in [0, 0.05) is 23.8 Å². The molecule has 0 aliphatic heterocycles. The van der Waals surface area contributed by atoms with Crippen molar-refractivity contribution >= 4 is 30.8 Å². The van der Waals surface area contributed by atoms with Gasteiger partial charge in [0.1, 0.15) is 10.7 Å². The molecule has 0 fully saturated rings. The summed E-state index contributed by atoms with van der Waals surface area (Å²) < 4.78 is 41.1. The number of aromatic nitrogens is 1. The van der Waals surface area contributed by atoms with Crippen molar-refractivity contribution in [1.82, 2.24) is 4.57 Å². The van der Waals surface area contributed by atoms with Gasteiger partial charge in [0.2, 0.25) is 0 Å². The molecule has 0 atom stereocenters. The minimum absolute atomic E-state index is 0.0333. The van der Waals surface area contributed by atoms with Crippen LogP contribution in [0.3, 0.4) is 0 Å². The van der Waals surface area contributed by atoms with E-state index in [1.165, 1.54) is 7.05 Å². The first-order valence-electron chi connectivity index (χ1n) is 4.04. The number of benzene rings is 1. The summed E-state index contributed by atoms with van der Waals surface area (Å²) in [5, 5.41) is 0. The molecule has 86 valence electrons. The Labute approximate surface area is 93.5 Å². The monoisotopic (exact) mass is 265 g/mol. The molecule has 16 heavy (non-hydrogen) atoms. The Morgan fingerprint density at radius 3 is 2.62 bits per heavy atom. The Hall–Kier alpha value is -1.34. The van der Waals surface area contributed by atoms with Crippen LogP contribution in [0.2, 0.25) is 0 Å². The molecular formula is C8H5ClFNO4S. The normalized spacial score (nSPS) is 12.2. The van der Waals surface area contributed by atoms with Crippen LogP contribution >= 0.6 is 10.7 Å². The van der Waals surface area contributed by atoms with E-state index in [2.05, 4.69) is 4.42 Å². The summed E-state index contributed by atoms with van der Waals surface area (Å²) >= 11 is 0. The molecule has 0 N–H and O–H groups in total. The van der Waals surface area contributed by atoms with Crippen LogP contribution < -0.4 is 5.76 Å². The quantitative estimate of drug-likeness (QED) is 0.727. The minimum Gasteiger partial charge on any atom is -0.408 e. The molecule has 0 bridgehead atoms. The number of halogens is 2. The Morgan fingerprint density at radius 2 is 2.06 bits per heavy atom. The molecule has 5 nitrogen and oxygen atoms in total. The summed E-state index contributed by atoms with van der Waals surface area (Å²) in [6.07, 6.45) is 0. The van der Waals surface area contributed by atoms with Gasteiger partial charge in [-0.05, 0) is 6.07 Å². The minimum atomic E-state index is -4.19. The van der Waals surface area contributed by atoms with Gasteiger partial charge in [0.25, 0.3) is 9.05 Å². The number of rotatable bonds is 1. The van der Waals surface area contributed by atoms with Crippen LogP contribution in [0.15, 0.2) is 26.2 Å². The Kier molecular flexibility index (Phi) is 2.32. The van der Waals surface area contributed by atoms with Crippen molar-refractivity contribution in [3.05, 3.63) is 28.5 Å². The van der Waals surface area contributed by atoms with E-state index in [0.29, 0.717) is 0 Å². The molecule has 0 aliphatic carbocycles. The van der Waals surface area contributed by atoms with Gasteiger partial charge in [0.05, 0.1) is 5.52 Å². The van der Waals surface area contributed by atoms with E-state index < -0.39 is 25.5 Å². The summed E-state index contributed by atoms with van der Waals surface area (Å²) in [6, 6.07) is 1.77. The smallest absolute Gasteiger partial charge is 0.408 e. The molecule has 2 aromatic rings. The average molecular weight is 266 g/mol. The van der Waals surface area contributed by atoms with Gasteiger partial charge in [-0.2, -0.15) is 0 Å². The zero-order chi connectivity index (χ0) is 12.1. The highest BCUT2D eigenvalue weighted by molar-refractivity contribution is 8.13. The van der Waals surface area contributed by atoms with E-state index in [4.69, 9.17) is 10.7 Å². The molecule has 0 aliphatic rings. The summed E-state index contributed by atoms with van der Waals surface area (Å²) in [4.78, 5) is 10.4. The van der Waals surface area contributed by atoms with Gasteiger partial charge in [-0.15, -0.1) is 0 Å². The first kappa shape index (κ1) is 11.2. The van der Waals surface area contributed by atoms with Crippen molar-refractivity contribution in [3.8, 4) is 0 Å². The SMILES string of the molecule is Cn1c(=O)oc2cc(F)c(S(=O)(=O)Cl)cc21. The molecule has 0 radical (unpaired) electrons. The summed E-state index contributed by atoms with van der Waals surface area (Å²) in [6.45, 7) is 0. The van der Waals surface area contributed by atoms with E-state index in [-0.39, 0.29) is 11.1 Å². The van der Waals surface area contributed by atoms with Gasteiger partial charge in [-0.1, -0.05) is 0 Å². The second kappa shape index (κ2) is 3.33. The standard InChI is InChI=1S/C8H5ClFNO4S/c1-11-5-3-7(16(9,13)14)4(10)2-6(5)15-8(11)12/h2-3H,1H3. The maximum atomic E-state index is 13.3. The zero-order valence-corrected chi connectivity index (χ0v) is 9.47. The van der Waals surface area contributed by atoms with Gasteiger partial charge in [-0.3, -0.25) is 4.57 Å². The lowest BCUT2D eigenvalue weighted by molar-refractivity contribution is 0.524. The number of oxazole rings is 1. The topological polar surface area (TPSA) is 69.3 Å². The third-order valence-electron chi connectivity index (χ3n) is 2.11. The van der Waals surface area contributed by atoms with Crippen molar-refractivity contribution in [2.75, 3.05) is 0 Å². The number of aryl methyl sites for hydroxylation is 1. The van der Waals surface area contributed by atoms with E-state index in [1.807, 2.05) is 0 Å². The molecule has 0 unspecified atom stereocenters. The highest BCUT2D eigenvalue weighted by Crippen LogP contribution is 2.24.